The molecule has 0 radical (unpaired) electrons. The molecule has 9 heteroatoms. The number of allylic oxidation sites excluding steroid dienone is 2. The van der Waals surface area contributed by atoms with E-state index in [-0.39, 0.29) is 75.7 Å². The molecule has 1 aromatic carbocycles. The van der Waals surface area contributed by atoms with Crippen LogP contribution in [-0.2, 0) is 19.6 Å². The fraction of sp³-hybridized carbons (Fsp3) is 0.571. The average molecular weight is 561 g/mol. The molecule has 0 fully saturated rings. The van der Waals surface area contributed by atoms with Crippen LogP contribution in [0, 0.1) is 0 Å². The Balaban J connectivity index is 0.0000130. The number of esters is 2. The molecule has 1 aromatic rings. The van der Waals surface area contributed by atoms with E-state index in [9.17, 15) is 22.6 Å². The quantitative estimate of drug-likeness (QED) is 0.0833. The van der Waals surface area contributed by atoms with Crippen LogP contribution in [0.5, 0.6) is 0 Å². The summed E-state index contributed by atoms with van der Waals surface area (Å²) in [6.07, 6.45) is 20.7. The molecule has 0 unspecified atom stereocenters. The monoisotopic (exact) mass is 560 g/mol. The van der Waals surface area contributed by atoms with Crippen LogP contribution in [0.15, 0.2) is 47.4 Å². The summed E-state index contributed by atoms with van der Waals surface area (Å²) in [5.74, 6) is -1.70. The summed E-state index contributed by atoms with van der Waals surface area (Å²) >= 11 is 0. The summed E-state index contributed by atoms with van der Waals surface area (Å²) < 4.78 is 44.7. The van der Waals surface area contributed by atoms with Gasteiger partial charge in [0.15, 0.2) is 0 Å². The van der Waals surface area contributed by atoms with Crippen LogP contribution < -0.4 is 51.4 Å². The van der Waals surface area contributed by atoms with Crippen molar-refractivity contribution in [3.05, 3.63) is 53.6 Å². The van der Waals surface area contributed by atoms with Crippen LogP contribution in [-0.4, -0.2) is 38.1 Å². The SMILES string of the molecule is CCCCCCC/C=C/COC(=O)c1ccc(S(=O)(=O)[O-])cc1C(=O)OC/C=C/CCCCCCC.[K+]. The van der Waals surface area contributed by atoms with Crippen molar-refractivity contribution in [2.45, 2.75) is 95.8 Å². The topological polar surface area (TPSA) is 110 Å². The van der Waals surface area contributed by atoms with Crippen LogP contribution in [0.4, 0.5) is 0 Å². The third-order valence-corrected chi connectivity index (χ3v) is 6.45. The molecule has 202 valence electrons. The Morgan fingerprint density at radius 3 is 1.65 bits per heavy atom. The molecule has 0 atom stereocenters. The van der Waals surface area contributed by atoms with Crippen molar-refractivity contribution in [3.8, 4) is 0 Å². The van der Waals surface area contributed by atoms with E-state index in [1.807, 2.05) is 12.2 Å². The van der Waals surface area contributed by atoms with E-state index < -0.39 is 27.0 Å². The van der Waals surface area contributed by atoms with Crippen molar-refractivity contribution < 1.29 is 83.4 Å². The number of carbonyl (C=O) groups excluding carboxylic acids is 2. The molecule has 0 amide bonds. The fourth-order valence-electron chi connectivity index (χ4n) is 3.53. The normalized spacial score (nSPS) is 11.5. The maximum Gasteiger partial charge on any atom is 1.00 e. The van der Waals surface area contributed by atoms with Crippen LogP contribution in [0.2, 0.25) is 0 Å². The summed E-state index contributed by atoms with van der Waals surface area (Å²) in [6.45, 7) is 4.32. The van der Waals surface area contributed by atoms with E-state index in [1.165, 1.54) is 38.5 Å². The number of carbonyl (C=O) groups is 2. The first-order chi connectivity index (χ1) is 17.3. The van der Waals surface area contributed by atoms with Gasteiger partial charge in [-0.25, -0.2) is 18.0 Å². The summed E-state index contributed by atoms with van der Waals surface area (Å²) in [4.78, 5) is 24.5. The Morgan fingerprint density at radius 2 is 1.19 bits per heavy atom. The van der Waals surface area contributed by atoms with Gasteiger partial charge in [0.1, 0.15) is 23.3 Å². The first-order valence-electron chi connectivity index (χ1n) is 13.0. The van der Waals surface area contributed by atoms with Gasteiger partial charge in [0.25, 0.3) is 0 Å². The zero-order valence-corrected chi connectivity index (χ0v) is 26.6. The first-order valence-corrected chi connectivity index (χ1v) is 14.5. The number of unbranched alkanes of at least 4 members (excludes halogenated alkanes) is 10. The second kappa shape index (κ2) is 22.0. The molecular weight excluding hydrogens is 519 g/mol. The number of rotatable bonds is 19. The molecule has 7 nitrogen and oxygen atoms in total. The predicted octanol–water partition coefficient (Wildman–Crippen LogP) is 3.74. The van der Waals surface area contributed by atoms with Crippen molar-refractivity contribution in [1.29, 1.82) is 0 Å². The number of ether oxygens (including phenoxy) is 2. The van der Waals surface area contributed by atoms with E-state index in [0.717, 1.165) is 56.7 Å². The van der Waals surface area contributed by atoms with Gasteiger partial charge in [0.05, 0.1) is 16.0 Å². The van der Waals surface area contributed by atoms with Crippen LogP contribution in [0.25, 0.3) is 0 Å². The second-order valence-corrected chi connectivity index (χ2v) is 10.1. The fourth-order valence-corrected chi connectivity index (χ4v) is 4.03. The molecule has 0 heterocycles. The van der Waals surface area contributed by atoms with Crippen molar-refractivity contribution in [1.82, 2.24) is 0 Å². The molecule has 0 aliphatic rings. The predicted molar refractivity (Wildman–Crippen MR) is 140 cm³/mol. The first kappa shape index (κ1) is 36.2. The largest absolute Gasteiger partial charge is 1.00 e. The van der Waals surface area contributed by atoms with Gasteiger partial charge in [-0.05, 0) is 43.9 Å². The smallest absolute Gasteiger partial charge is 0.744 e. The van der Waals surface area contributed by atoms with Crippen LogP contribution in [0.1, 0.15) is 112 Å². The Hall–Kier alpha value is -0.814. The molecular formula is C28H41KO7S. The Labute approximate surface area is 265 Å². The summed E-state index contributed by atoms with van der Waals surface area (Å²) in [5, 5.41) is 0. The minimum absolute atomic E-state index is 0. The van der Waals surface area contributed by atoms with Gasteiger partial charge in [-0.15, -0.1) is 0 Å². The van der Waals surface area contributed by atoms with Crippen LogP contribution >= 0.6 is 0 Å². The van der Waals surface area contributed by atoms with Crippen molar-refractivity contribution in [2.75, 3.05) is 13.2 Å². The maximum atomic E-state index is 12.6. The molecule has 0 saturated heterocycles. The molecule has 0 N–H and O–H groups in total. The van der Waals surface area contributed by atoms with Gasteiger partial charge in [-0.1, -0.05) is 89.5 Å². The van der Waals surface area contributed by atoms with Gasteiger partial charge < -0.3 is 14.0 Å². The molecule has 0 spiro atoms. The Kier molecular flexibility index (Phi) is 21.6. The minimum Gasteiger partial charge on any atom is -0.744 e. The summed E-state index contributed by atoms with van der Waals surface area (Å²) in [5.41, 5.74) is -0.468. The zero-order chi connectivity index (χ0) is 26.7. The molecule has 0 aliphatic heterocycles. The molecule has 1 rings (SSSR count). The number of hydrogen-bond donors (Lipinski definition) is 0. The third kappa shape index (κ3) is 16.7. The van der Waals surface area contributed by atoms with E-state index in [2.05, 4.69) is 13.8 Å². The van der Waals surface area contributed by atoms with Crippen molar-refractivity contribution >= 4 is 22.1 Å². The van der Waals surface area contributed by atoms with E-state index in [0.29, 0.717) is 0 Å². The Morgan fingerprint density at radius 1 is 0.730 bits per heavy atom. The standard InChI is InChI=1S/C28H42O7S.K/c1-3-5-7-9-11-13-15-17-21-34-27(29)25-20-19-24(36(31,32)33)23-26(25)28(30)35-22-18-16-14-12-10-8-6-4-2;/h15-20,23H,3-14,21-22H2,1-2H3,(H,31,32,33);/q;+1/p-1/b17-15+,18-16+;. The molecule has 37 heavy (non-hydrogen) atoms. The molecule has 0 aromatic heterocycles. The van der Waals surface area contributed by atoms with E-state index in [1.54, 1.807) is 12.2 Å². The molecule has 0 bridgehead atoms. The van der Waals surface area contributed by atoms with Gasteiger partial charge >= 0.3 is 63.3 Å². The zero-order valence-electron chi connectivity index (χ0n) is 22.7. The van der Waals surface area contributed by atoms with Gasteiger partial charge in [0, 0.05) is 0 Å². The number of hydrogen-bond acceptors (Lipinski definition) is 7. The molecule has 0 aliphatic carbocycles. The minimum atomic E-state index is -4.81. The van der Waals surface area contributed by atoms with E-state index >= 15 is 0 Å². The van der Waals surface area contributed by atoms with Crippen molar-refractivity contribution in [2.24, 2.45) is 0 Å². The summed E-state index contributed by atoms with van der Waals surface area (Å²) in [7, 11) is -4.81. The molecule has 0 saturated carbocycles. The summed E-state index contributed by atoms with van der Waals surface area (Å²) in [6, 6.07) is 2.96. The van der Waals surface area contributed by atoms with Gasteiger partial charge in [-0.3, -0.25) is 0 Å². The Bertz CT molecular complexity index is 955. The second-order valence-electron chi connectivity index (χ2n) is 8.71. The van der Waals surface area contributed by atoms with Gasteiger partial charge in [-0.2, -0.15) is 0 Å². The van der Waals surface area contributed by atoms with E-state index in [4.69, 9.17) is 9.47 Å². The maximum absolute atomic E-state index is 12.6. The van der Waals surface area contributed by atoms with Crippen LogP contribution in [0.3, 0.4) is 0 Å². The van der Waals surface area contributed by atoms with Crippen molar-refractivity contribution in [3.63, 3.8) is 0 Å². The average Bonchev–Trinajstić information content (AvgIpc) is 2.85. The third-order valence-electron chi connectivity index (χ3n) is 5.62. The van der Waals surface area contributed by atoms with Gasteiger partial charge in [0.2, 0.25) is 0 Å². The number of benzene rings is 1.